The number of hydrogen-bond donors (Lipinski definition) is 3. The number of ether oxygens (including phenoxy) is 1. The van der Waals surface area contributed by atoms with E-state index in [1.807, 2.05) is 66.7 Å². The van der Waals surface area contributed by atoms with Gasteiger partial charge in [0.2, 0.25) is 0 Å². The van der Waals surface area contributed by atoms with Crippen LogP contribution in [0.15, 0.2) is 85.2 Å². The predicted molar refractivity (Wildman–Crippen MR) is 134 cm³/mol. The van der Waals surface area contributed by atoms with Crippen molar-refractivity contribution in [2.45, 2.75) is 18.9 Å². The number of aromatic amines is 1. The van der Waals surface area contributed by atoms with Crippen LogP contribution in [0, 0.1) is 0 Å². The molecule has 172 valence electrons. The first-order valence-corrected chi connectivity index (χ1v) is 11.4. The molecule has 8 heteroatoms. The molecule has 0 aliphatic heterocycles. The Morgan fingerprint density at radius 1 is 0.886 bits per heavy atom. The SMILES string of the molecule is O=C(NC1CC1)c1ccc(-c2nc(Nc3ccc(Oc4ccccc4)cc3)c3[nH]cnc3n2)cc1. The van der Waals surface area contributed by atoms with Crippen molar-refractivity contribution in [1.29, 1.82) is 0 Å². The number of H-pyrrole nitrogens is 1. The van der Waals surface area contributed by atoms with Crippen molar-refractivity contribution >= 4 is 28.6 Å². The summed E-state index contributed by atoms with van der Waals surface area (Å²) in [5, 5.41) is 6.35. The molecular formula is C27H22N6O2. The Hall–Kier alpha value is -4.72. The molecule has 0 spiro atoms. The van der Waals surface area contributed by atoms with Gasteiger partial charge in [0.1, 0.15) is 17.0 Å². The first kappa shape index (κ1) is 20.9. The molecule has 2 aromatic heterocycles. The van der Waals surface area contributed by atoms with E-state index >= 15 is 0 Å². The molecule has 35 heavy (non-hydrogen) atoms. The zero-order valence-corrected chi connectivity index (χ0v) is 18.7. The minimum absolute atomic E-state index is 0.0511. The van der Waals surface area contributed by atoms with Crippen molar-refractivity contribution in [3.63, 3.8) is 0 Å². The van der Waals surface area contributed by atoms with E-state index in [4.69, 9.17) is 9.72 Å². The number of hydrogen-bond acceptors (Lipinski definition) is 6. The summed E-state index contributed by atoms with van der Waals surface area (Å²) in [7, 11) is 0. The molecule has 1 fully saturated rings. The van der Waals surface area contributed by atoms with Crippen molar-refractivity contribution < 1.29 is 9.53 Å². The Morgan fingerprint density at radius 2 is 1.63 bits per heavy atom. The van der Waals surface area contributed by atoms with Gasteiger partial charge in [0.05, 0.1) is 6.33 Å². The zero-order valence-electron chi connectivity index (χ0n) is 18.7. The normalized spacial score (nSPS) is 12.9. The number of amides is 1. The summed E-state index contributed by atoms with van der Waals surface area (Å²) in [6, 6.07) is 24.9. The van der Waals surface area contributed by atoms with Crippen LogP contribution in [0.5, 0.6) is 11.5 Å². The summed E-state index contributed by atoms with van der Waals surface area (Å²) in [5.74, 6) is 2.59. The highest BCUT2D eigenvalue weighted by Gasteiger charge is 2.23. The van der Waals surface area contributed by atoms with Crippen LogP contribution >= 0.6 is 0 Å². The van der Waals surface area contributed by atoms with Crippen LogP contribution in [0.2, 0.25) is 0 Å². The van der Waals surface area contributed by atoms with E-state index in [0.29, 0.717) is 34.4 Å². The second-order valence-electron chi connectivity index (χ2n) is 8.39. The van der Waals surface area contributed by atoms with Crippen LogP contribution in [0.3, 0.4) is 0 Å². The molecule has 0 unspecified atom stereocenters. The zero-order chi connectivity index (χ0) is 23.6. The molecule has 0 bridgehead atoms. The molecular weight excluding hydrogens is 440 g/mol. The van der Waals surface area contributed by atoms with Crippen molar-refractivity contribution in [3.05, 3.63) is 90.8 Å². The average Bonchev–Trinajstić information content (AvgIpc) is 3.58. The van der Waals surface area contributed by atoms with Gasteiger partial charge in [-0.2, -0.15) is 0 Å². The molecule has 1 amide bonds. The fraction of sp³-hybridized carbons (Fsp3) is 0.111. The summed E-state index contributed by atoms with van der Waals surface area (Å²) in [5.41, 5.74) is 3.53. The first-order valence-electron chi connectivity index (χ1n) is 11.4. The minimum atomic E-state index is -0.0511. The average molecular weight is 463 g/mol. The van der Waals surface area contributed by atoms with Crippen LogP contribution < -0.4 is 15.4 Å². The quantitative estimate of drug-likeness (QED) is 0.297. The van der Waals surface area contributed by atoms with Crippen molar-refractivity contribution in [2.75, 3.05) is 5.32 Å². The molecule has 0 atom stereocenters. The van der Waals surface area contributed by atoms with Crippen LogP contribution in [-0.4, -0.2) is 31.9 Å². The van der Waals surface area contributed by atoms with Gasteiger partial charge < -0.3 is 20.4 Å². The van der Waals surface area contributed by atoms with Crippen LogP contribution in [0.4, 0.5) is 11.5 Å². The van der Waals surface area contributed by atoms with Gasteiger partial charge in [-0.25, -0.2) is 15.0 Å². The summed E-state index contributed by atoms with van der Waals surface area (Å²) >= 11 is 0. The molecule has 3 aromatic carbocycles. The van der Waals surface area contributed by atoms with Gasteiger partial charge in [-0.1, -0.05) is 30.3 Å². The number of carbonyl (C=O) groups excluding carboxylic acids is 1. The first-order chi connectivity index (χ1) is 17.2. The highest BCUT2D eigenvalue weighted by Crippen LogP contribution is 2.28. The molecule has 6 rings (SSSR count). The number of fused-ring (bicyclic) bond motifs is 1. The number of anilines is 2. The molecule has 5 aromatic rings. The molecule has 0 radical (unpaired) electrons. The van der Waals surface area contributed by atoms with E-state index in [-0.39, 0.29) is 5.91 Å². The third-order valence-corrected chi connectivity index (χ3v) is 5.70. The van der Waals surface area contributed by atoms with Gasteiger partial charge in [0, 0.05) is 22.9 Å². The summed E-state index contributed by atoms with van der Waals surface area (Å²) < 4.78 is 5.87. The fourth-order valence-corrected chi connectivity index (χ4v) is 3.69. The van der Waals surface area contributed by atoms with Crippen LogP contribution in [0.25, 0.3) is 22.6 Å². The maximum absolute atomic E-state index is 12.3. The van der Waals surface area contributed by atoms with Crippen LogP contribution in [-0.2, 0) is 0 Å². The smallest absolute Gasteiger partial charge is 0.251 e. The Labute approximate surface area is 201 Å². The van der Waals surface area contributed by atoms with Gasteiger partial charge >= 0.3 is 0 Å². The Kier molecular flexibility index (Phi) is 5.31. The van der Waals surface area contributed by atoms with Gasteiger partial charge in [-0.05, 0) is 61.4 Å². The van der Waals surface area contributed by atoms with Crippen molar-refractivity contribution in [2.24, 2.45) is 0 Å². The maximum Gasteiger partial charge on any atom is 0.251 e. The van der Waals surface area contributed by atoms with Crippen molar-refractivity contribution in [3.8, 4) is 22.9 Å². The summed E-state index contributed by atoms with van der Waals surface area (Å²) in [4.78, 5) is 29.0. The van der Waals surface area contributed by atoms with Crippen LogP contribution in [0.1, 0.15) is 23.2 Å². The number of nitrogens with zero attached hydrogens (tertiary/aromatic N) is 3. The number of rotatable bonds is 7. The number of aromatic nitrogens is 4. The summed E-state index contributed by atoms with van der Waals surface area (Å²) in [6.45, 7) is 0. The minimum Gasteiger partial charge on any atom is -0.457 e. The van der Waals surface area contributed by atoms with Gasteiger partial charge in [-0.3, -0.25) is 4.79 Å². The Bertz CT molecular complexity index is 1480. The molecule has 8 nitrogen and oxygen atoms in total. The van der Waals surface area contributed by atoms with Gasteiger partial charge in [-0.15, -0.1) is 0 Å². The second-order valence-corrected chi connectivity index (χ2v) is 8.39. The molecule has 2 heterocycles. The topological polar surface area (TPSA) is 105 Å². The third-order valence-electron chi connectivity index (χ3n) is 5.70. The van der Waals surface area contributed by atoms with E-state index in [2.05, 4.69) is 25.6 Å². The molecule has 1 saturated carbocycles. The van der Waals surface area contributed by atoms with Gasteiger partial charge in [0.25, 0.3) is 5.91 Å². The van der Waals surface area contributed by atoms with E-state index < -0.39 is 0 Å². The lowest BCUT2D eigenvalue weighted by molar-refractivity contribution is 0.0951. The third kappa shape index (κ3) is 4.67. The molecule has 0 saturated heterocycles. The highest BCUT2D eigenvalue weighted by molar-refractivity contribution is 5.95. The predicted octanol–water partition coefficient (Wildman–Crippen LogP) is 5.45. The lowest BCUT2D eigenvalue weighted by Gasteiger charge is -2.10. The molecule has 3 N–H and O–H groups in total. The van der Waals surface area contributed by atoms with E-state index in [9.17, 15) is 4.79 Å². The highest BCUT2D eigenvalue weighted by atomic mass is 16.5. The number of benzene rings is 3. The van der Waals surface area contributed by atoms with E-state index in [1.165, 1.54) is 0 Å². The Morgan fingerprint density at radius 3 is 2.37 bits per heavy atom. The second kappa shape index (κ2) is 8.90. The number of carbonyl (C=O) groups is 1. The fourth-order valence-electron chi connectivity index (χ4n) is 3.69. The standard InChI is InChI=1S/C27H22N6O2/c34-27(31-20-10-11-20)18-8-6-17(7-9-18)24-32-25-23(28-16-29-25)26(33-24)30-19-12-14-22(15-13-19)35-21-4-2-1-3-5-21/h1-9,12-16,20H,10-11H2,(H,31,34)(H2,28,29,30,32,33). The lowest BCUT2D eigenvalue weighted by atomic mass is 10.1. The largest absolute Gasteiger partial charge is 0.457 e. The monoisotopic (exact) mass is 462 g/mol. The van der Waals surface area contributed by atoms with E-state index in [1.54, 1.807) is 18.5 Å². The number of para-hydroxylation sites is 1. The summed E-state index contributed by atoms with van der Waals surface area (Å²) in [6.07, 6.45) is 3.70. The van der Waals surface area contributed by atoms with E-state index in [0.717, 1.165) is 35.6 Å². The maximum atomic E-state index is 12.3. The number of imidazole rings is 1. The number of nitrogens with one attached hydrogen (secondary N) is 3. The van der Waals surface area contributed by atoms with Gasteiger partial charge in [0.15, 0.2) is 17.3 Å². The molecule has 1 aliphatic rings. The Balaban J connectivity index is 1.23. The van der Waals surface area contributed by atoms with Crippen molar-refractivity contribution in [1.82, 2.24) is 25.3 Å². The lowest BCUT2D eigenvalue weighted by Crippen LogP contribution is -2.25. The molecule has 1 aliphatic carbocycles.